The van der Waals surface area contributed by atoms with Gasteiger partial charge in [0.1, 0.15) is 5.75 Å². The molecule has 1 atom stereocenters. The van der Waals surface area contributed by atoms with E-state index >= 15 is 0 Å². The van der Waals surface area contributed by atoms with Gasteiger partial charge < -0.3 is 15.2 Å². The normalized spacial score (nSPS) is 12.1. The molecule has 2 N–H and O–H groups in total. The first-order valence-electron chi connectivity index (χ1n) is 6.21. The number of nitrogens with one attached hydrogen (secondary N) is 1. The minimum Gasteiger partial charge on any atom is -0.484 e. The summed E-state index contributed by atoms with van der Waals surface area (Å²) >= 11 is 0. The predicted molar refractivity (Wildman–Crippen MR) is 74.1 cm³/mol. The van der Waals surface area contributed by atoms with Crippen LogP contribution in [0.4, 0.5) is 0 Å². The fourth-order valence-electron chi connectivity index (χ4n) is 1.77. The molecule has 4 nitrogen and oxygen atoms in total. The van der Waals surface area contributed by atoms with E-state index in [1.807, 2.05) is 42.5 Å². The van der Waals surface area contributed by atoms with Crippen LogP contribution in [0.15, 0.2) is 42.5 Å². The first-order valence-corrected chi connectivity index (χ1v) is 6.21. The van der Waals surface area contributed by atoms with Crippen LogP contribution in [0.25, 0.3) is 10.8 Å². The highest BCUT2D eigenvalue weighted by Gasteiger charge is 2.07. The van der Waals surface area contributed by atoms with Crippen molar-refractivity contribution in [1.29, 1.82) is 0 Å². The van der Waals surface area contributed by atoms with Crippen LogP contribution < -0.4 is 10.1 Å². The number of rotatable bonds is 5. The fraction of sp³-hybridized carbons (Fsp3) is 0.267. The number of aliphatic hydroxyl groups excluding tert-OH is 1. The molecule has 0 aliphatic carbocycles. The summed E-state index contributed by atoms with van der Waals surface area (Å²) in [6.45, 7) is 1.60. The Morgan fingerprint density at radius 2 is 2.00 bits per heavy atom. The zero-order chi connectivity index (χ0) is 13.7. The molecule has 1 amide bonds. The lowest BCUT2D eigenvalue weighted by molar-refractivity contribution is -0.123. The second-order valence-corrected chi connectivity index (χ2v) is 4.45. The molecule has 4 heteroatoms. The number of hydrogen-bond acceptors (Lipinski definition) is 3. The van der Waals surface area contributed by atoms with Crippen molar-refractivity contribution in [3.05, 3.63) is 42.5 Å². The lowest BCUT2D eigenvalue weighted by Crippen LogP contribution is -2.38. The fourth-order valence-corrected chi connectivity index (χ4v) is 1.77. The molecule has 2 aromatic carbocycles. The summed E-state index contributed by atoms with van der Waals surface area (Å²) < 4.78 is 5.43. The van der Waals surface area contributed by atoms with Gasteiger partial charge in [-0.2, -0.15) is 0 Å². The minimum atomic E-state index is -0.257. The van der Waals surface area contributed by atoms with E-state index in [4.69, 9.17) is 9.84 Å². The Labute approximate surface area is 112 Å². The van der Waals surface area contributed by atoms with Crippen molar-refractivity contribution < 1.29 is 14.6 Å². The lowest BCUT2D eigenvalue weighted by Gasteiger charge is -2.11. The van der Waals surface area contributed by atoms with E-state index in [1.165, 1.54) is 0 Å². The lowest BCUT2D eigenvalue weighted by atomic mass is 10.1. The third-order valence-corrected chi connectivity index (χ3v) is 2.77. The molecular weight excluding hydrogens is 242 g/mol. The summed E-state index contributed by atoms with van der Waals surface area (Å²) in [5.41, 5.74) is 0. The second-order valence-electron chi connectivity index (χ2n) is 4.45. The van der Waals surface area contributed by atoms with Gasteiger partial charge in [-0.15, -0.1) is 0 Å². The van der Waals surface area contributed by atoms with Gasteiger partial charge in [-0.05, 0) is 29.8 Å². The number of hydrogen-bond donors (Lipinski definition) is 2. The summed E-state index contributed by atoms with van der Waals surface area (Å²) in [4.78, 5) is 11.5. The van der Waals surface area contributed by atoms with Gasteiger partial charge in [-0.25, -0.2) is 0 Å². The van der Waals surface area contributed by atoms with Gasteiger partial charge in [0.2, 0.25) is 0 Å². The van der Waals surface area contributed by atoms with Crippen LogP contribution in [0, 0.1) is 0 Å². The Morgan fingerprint density at radius 3 is 2.74 bits per heavy atom. The highest BCUT2D eigenvalue weighted by molar-refractivity contribution is 5.84. The maximum absolute atomic E-state index is 11.5. The van der Waals surface area contributed by atoms with Gasteiger partial charge in [0.25, 0.3) is 5.91 Å². The van der Waals surface area contributed by atoms with Gasteiger partial charge >= 0.3 is 0 Å². The van der Waals surface area contributed by atoms with Crippen LogP contribution in [0.3, 0.4) is 0 Å². The Morgan fingerprint density at radius 1 is 1.26 bits per heavy atom. The van der Waals surface area contributed by atoms with Crippen LogP contribution in [-0.4, -0.2) is 30.3 Å². The van der Waals surface area contributed by atoms with Crippen molar-refractivity contribution in [2.45, 2.75) is 13.0 Å². The number of ether oxygens (including phenoxy) is 1. The van der Waals surface area contributed by atoms with Gasteiger partial charge in [0.15, 0.2) is 6.61 Å². The smallest absolute Gasteiger partial charge is 0.258 e. The van der Waals surface area contributed by atoms with Crippen LogP contribution in [0.1, 0.15) is 6.92 Å². The van der Waals surface area contributed by atoms with Crippen molar-refractivity contribution in [3.63, 3.8) is 0 Å². The zero-order valence-electron chi connectivity index (χ0n) is 10.8. The molecule has 0 spiro atoms. The molecule has 0 saturated carbocycles. The molecule has 2 aromatic rings. The number of carbonyl (C=O) groups is 1. The molecule has 0 aliphatic heterocycles. The Hall–Kier alpha value is -2.07. The number of aliphatic hydroxyl groups is 1. The van der Waals surface area contributed by atoms with E-state index < -0.39 is 0 Å². The number of benzene rings is 2. The summed E-state index contributed by atoms with van der Waals surface area (Å²) in [6.07, 6.45) is 0. The number of carbonyl (C=O) groups excluding carboxylic acids is 1. The highest BCUT2D eigenvalue weighted by atomic mass is 16.5. The third kappa shape index (κ3) is 3.69. The van der Waals surface area contributed by atoms with Crippen molar-refractivity contribution in [3.8, 4) is 5.75 Å². The summed E-state index contributed by atoms with van der Waals surface area (Å²) in [6, 6.07) is 13.4. The Bertz CT molecular complexity index is 568. The highest BCUT2D eigenvalue weighted by Crippen LogP contribution is 2.20. The predicted octanol–water partition coefficient (Wildman–Crippen LogP) is 1.72. The van der Waals surface area contributed by atoms with E-state index in [-0.39, 0.29) is 25.2 Å². The second kappa shape index (κ2) is 6.20. The minimum absolute atomic E-state index is 0.0529. The van der Waals surface area contributed by atoms with Gasteiger partial charge in [0, 0.05) is 6.04 Å². The van der Waals surface area contributed by atoms with Crippen LogP contribution in [0.5, 0.6) is 5.75 Å². The van der Waals surface area contributed by atoms with E-state index in [2.05, 4.69) is 5.32 Å². The average molecular weight is 259 g/mol. The monoisotopic (exact) mass is 259 g/mol. The molecule has 2 rings (SSSR count). The molecule has 19 heavy (non-hydrogen) atoms. The Kier molecular flexibility index (Phi) is 4.36. The van der Waals surface area contributed by atoms with E-state index in [9.17, 15) is 4.79 Å². The molecule has 0 bridgehead atoms. The van der Waals surface area contributed by atoms with E-state index in [0.29, 0.717) is 5.75 Å². The maximum Gasteiger partial charge on any atom is 0.258 e. The van der Waals surface area contributed by atoms with Crippen molar-refractivity contribution in [2.75, 3.05) is 13.2 Å². The third-order valence-electron chi connectivity index (χ3n) is 2.77. The topological polar surface area (TPSA) is 58.6 Å². The van der Waals surface area contributed by atoms with E-state index in [0.717, 1.165) is 10.8 Å². The SMILES string of the molecule is CC(CO)NC(=O)COc1ccc2ccccc2c1. The molecule has 0 heterocycles. The standard InChI is InChI=1S/C15H17NO3/c1-11(9-17)16-15(18)10-19-14-7-6-12-4-2-3-5-13(12)8-14/h2-8,11,17H,9-10H2,1H3,(H,16,18). The van der Waals surface area contributed by atoms with Gasteiger partial charge in [0.05, 0.1) is 6.61 Å². The summed E-state index contributed by atoms with van der Waals surface area (Å²) in [7, 11) is 0. The Balaban J connectivity index is 1.96. The van der Waals surface area contributed by atoms with Crippen molar-refractivity contribution >= 4 is 16.7 Å². The number of amides is 1. The molecule has 0 fully saturated rings. The molecule has 100 valence electrons. The first-order chi connectivity index (χ1) is 9.19. The summed E-state index contributed by atoms with van der Waals surface area (Å²) in [5.74, 6) is 0.417. The van der Waals surface area contributed by atoms with Crippen molar-refractivity contribution in [1.82, 2.24) is 5.32 Å². The van der Waals surface area contributed by atoms with Crippen molar-refractivity contribution in [2.24, 2.45) is 0 Å². The molecule has 0 aliphatic rings. The average Bonchev–Trinajstić information content (AvgIpc) is 2.44. The molecule has 1 unspecified atom stereocenters. The molecular formula is C15H17NO3. The quantitative estimate of drug-likeness (QED) is 0.859. The molecule has 0 radical (unpaired) electrons. The maximum atomic E-state index is 11.5. The largest absolute Gasteiger partial charge is 0.484 e. The van der Waals surface area contributed by atoms with Gasteiger partial charge in [-0.1, -0.05) is 30.3 Å². The first kappa shape index (κ1) is 13.4. The van der Waals surface area contributed by atoms with Crippen LogP contribution >= 0.6 is 0 Å². The van der Waals surface area contributed by atoms with Gasteiger partial charge in [-0.3, -0.25) is 4.79 Å². The molecule has 0 aromatic heterocycles. The zero-order valence-corrected chi connectivity index (χ0v) is 10.8. The van der Waals surface area contributed by atoms with Crippen LogP contribution in [-0.2, 0) is 4.79 Å². The molecule has 0 saturated heterocycles. The summed E-state index contributed by atoms with van der Waals surface area (Å²) in [5, 5.41) is 13.7. The number of fused-ring (bicyclic) bond motifs is 1. The van der Waals surface area contributed by atoms with E-state index in [1.54, 1.807) is 6.92 Å². The van der Waals surface area contributed by atoms with Crippen LogP contribution in [0.2, 0.25) is 0 Å².